The molecule has 0 radical (unpaired) electrons. The molecule has 1 fully saturated rings. The summed E-state index contributed by atoms with van der Waals surface area (Å²) in [5.74, 6) is 0.754. The van der Waals surface area contributed by atoms with Gasteiger partial charge >= 0.3 is 0 Å². The fraction of sp³-hybridized carbons (Fsp3) is 0.636. The van der Waals surface area contributed by atoms with E-state index in [1.807, 2.05) is 6.92 Å². The Labute approximate surface area is 94.6 Å². The Hall–Kier alpha value is -1.36. The summed E-state index contributed by atoms with van der Waals surface area (Å²) in [6, 6.07) is 2.05. The molecule has 1 aromatic rings. The topological polar surface area (TPSA) is 67.2 Å². The Morgan fingerprint density at radius 2 is 2.62 bits per heavy atom. The average molecular weight is 223 g/mol. The second kappa shape index (κ2) is 5.12. The largest absolute Gasteiger partial charge is 0.361 e. The van der Waals surface area contributed by atoms with E-state index >= 15 is 0 Å². The smallest absolute Gasteiger partial charge is 0.226 e. The third kappa shape index (κ3) is 3.06. The zero-order valence-corrected chi connectivity index (χ0v) is 9.45. The maximum atomic E-state index is 11.7. The van der Waals surface area contributed by atoms with E-state index in [1.165, 1.54) is 0 Å². The monoisotopic (exact) mass is 223 g/mol. The highest BCUT2D eigenvalue weighted by molar-refractivity contribution is 5.78. The van der Waals surface area contributed by atoms with Gasteiger partial charge in [0.1, 0.15) is 5.76 Å². The van der Waals surface area contributed by atoms with E-state index in [0.717, 1.165) is 31.7 Å². The summed E-state index contributed by atoms with van der Waals surface area (Å²) < 4.78 is 4.91. The van der Waals surface area contributed by atoms with Crippen LogP contribution in [0, 0.1) is 6.92 Å². The van der Waals surface area contributed by atoms with Crippen molar-refractivity contribution in [3.8, 4) is 0 Å². The molecule has 5 nitrogen and oxygen atoms in total. The van der Waals surface area contributed by atoms with Crippen LogP contribution >= 0.6 is 0 Å². The standard InChI is InChI=1S/C11H17N3O2/c1-8-5-10(14-16-8)6-11(15)13-9-3-2-4-12-7-9/h5,9,12H,2-4,6-7H2,1H3,(H,13,15). The molecule has 2 heterocycles. The lowest BCUT2D eigenvalue weighted by atomic mass is 10.1. The molecule has 1 saturated heterocycles. The Balaban J connectivity index is 1.79. The number of piperidine rings is 1. The number of hydrogen-bond acceptors (Lipinski definition) is 4. The summed E-state index contributed by atoms with van der Waals surface area (Å²) in [7, 11) is 0. The molecule has 1 atom stereocenters. The average Bonchev–Trinajstić information content (AvgIpc) is 2.65. The van der Waals surface area contributed by atoms with E-state index in [2.05, 4.69) is 15.8 Å². The predicted molar refractivity (Wildman–Crippen MR) is 59.0 cm³/mol. The van der Waals surface area contributed by atoms with E-state index in [4.69, 9.17) is 4.52 Å². The van der Waals surface area contributed by atoms with E-state index in [9.17, 15) is 4.79 Å². The Bertz CT molecular complexity index is 356. The molecular weight excluding hydrogens is 206 g/mol. The minimum atomic E-state index is 0.0157. The molecule has 1 unspecified atom stereocenters. The molecule has 1 amide bonds. The summed E-state index contributed by atoms with van der Waals surface area (Å²) in [6.45, 7) is 3.73. The molecule has 0 bridgehead atoms. The lowest BCUT2D eigenvalue weighted by Gasteiger charge is -2.23. The van der Waals surface area contributed by atoms with Crippen LogP contribution in [0.1, 0.15) is 24.3 Å². The second-order valence-electron chi connectivity index (χ2n) is 4.22. The molecule has 0 aliphatic carbocycles. The lowest BCUT2D eigenvalue weighted by Crippen LogP contribution is -2.46. The van der Waals surface area contributed by atoms with Gasteiger partial charge in [0.15, 0.2) is 0 Å². The van der Waals surface area contributed by atoms with Crippen molar-refractivity contribution in [2.45, 2.75) is 32.2 Å². The first-order chi connectivity index (χ1) is 7.74. The van der Waals surface area contributed by atoms with Gasteiger partial charge in [-0.15, -0.1) is 0 Å². The highest BCUT2D eigenvalue weighted by atomic mass is 16.5. The third-order valence-corrected chi connectivity index (χ3v) is 2.68. The summed E-state index contributed by atoms with van der Waals surface area (Å²) in [4.78, 5) is 11.7. The van der Waals surface area contributed by atoms with Crippen LogP contribution in [0.25, 0.3) is 0 Å². The van der Waals surface area contributed by atoms with Crippen LogP contribution in [0.15, 0.2) is 10.6 Å². The van der Waals surface area contributed by atoms with Gasteiger partial charge in [-0.3, -0.25) is 4.79 Å². The molecule has 0 saturated carbocycles. The second-order valence-corrected chi connectivity index (χ2v) is 4.22. The van der Waals surface area contributed by atoms with Gasteiger partial charge in [-0.2, -0.15) is 0 Å². The fourth-order valence-electron chi connectivity index (χ4n) is 1.92. The number of carbonyl (C=O) groups excluding carboxylic acids is 1. The Morgan fingerprint density at radius 1 is 1.75 bits per heavy atom. The molecular formula is C11H17N3O2. The first-order valence-corrected chi connectivity index (χ1v) is 5.66. The number of aryl methyl sites for hydroxylation is 1. The predicted octanol–water partition coefficient (Wildman–Crippen LogP) is 0.394. The summed E-state index contributed by atoms with van der Waals surface area (Å²) in [5.41, 5.74) is 0.693. The number of nitrogens with zero attached hydrogens (tertiary/aromatic N) is 1. The Morgan fingerprint density at radius 3 is 3.25 bits per heavy atom. The van der Waals surface area contributed by atoms with E-state index < -0.39 is 0 Å². The van der Waals surface area contributed by atoms with Crippen molar-refractivity contribution >= 4 is 5.91 Å². The Kier molecular flexibility index (Phi) is 3.56. The van der Waals surface area contributed by atoms with Crippen LogP contribution in [0.2, 0.25) is 0 Å². The summed E-state index contributed by atoms with van der Waals surface area (Å²) in [5, 5.41) is 10.1. The molecule has 2 rings (SSSR count). The van der Waals surface area contributed by atoms with Crippen molar-refractivity contribution in [3.05, 3.63) is 17.5 Å². The van der Waals surface area contributed by atoms with Gasteiger partial charge in [-0.25, -0.2) is 0 Å². The molecule has 2 N–H and O–H groups in total. The first-order valence-electron chi connectivity index (χ1n) is 5.66. The molecule has 1 aromatic heterocycles. The van der Waals surface area contributed by atoms with Gasteiger partial charge in [-0.05, 0) is 26.3 Å². The first kappa shape index (κ1) is 11.1. The van der Waals surface area contributed by atoms with Crippen molar-refractivity contribution in [1.82, 2.24) is 15.8 Å². The molecule has 0 spiro atoms. The van der Waals surface area contributed by atoms with Crippen molar-refractivity contribution in [2.24, 2.45) is 0 Å². The van der Waals surface area contributed by atoms with Crippen LogP contribution in [0.3, 0.4) is 0 Å². The molecule has 5 heteroatoms. The van der Waals surface area contributed by atoms with Crippen molar-refractivity contribution in [1.29, 1.82) is 0 Å². The molecule has 1 aliphatic heterocycles. The third-order valence-electron chi connectivity index (χ3n) is 2.68. The van der Waals surface area contributed by atoms with Crippen molar-refractivity contribution < 1.29 is 9.32 Å². The fourth-order valence-corrected chi connectivity index (χ4v) is 1.92. The summed E-state index contributed by atoms with van der Waals surface area (Å²) >= 11 is 0. The maximum Gasteiger partial charge on any atom is 0.226 e. The number of rotatable bonds is 3. The van der Waals surface area contributed by atoms with Gasteiger partial charge in [0.05, 0.1) is 12.1 Å². The van der Waals surface area contributed by atoms with Crippen LogP contribution in [0.4, 0.5) is 0 Å². The van der Waals surface area contributed by atoms with Gasteiger partial charge in [0.2, 0.25) is 5.91 Å². The van der Waals surface area contributed by atoms with Crippen LogP contribution < -0.4 is 10.6 Å². The zero-order valence-electron chi connectivity index (χ0n) is 9.45. The van der Waals surface area contributed by atoms with Gasteiger partial charge in [0.25, 0.3) is 0 Å². The summed E-state index contributed by atoms with van der Waals surface area (Å²) in [6.07, 6.45) is 2.47. The van der Waals surface area contributed by atoms with E-state index in [-0.39, 0.29) is 11.9 Å². The van der Waals surface area contributed by atoms with Crippen LogP contribution in [-0.2, 0) is 11.2 Å². The quantitative estimate of drug-likeness (QED) is 0.778. The zero-order chi connectivity index (χ0) is 11.4. The number of aromatic nitrogens is 1. The number of amides is 1. The lowest BCUT2D eigenvalue weighted by molar-refractivity contribution is -0.121. The SMILES string of the molecule is Cc1cc(CC(=O)NC2CCCNC2)no1. The van der Waals surface area contributed by atoms with Crippen molar-refractivity contribution in [3.63, 3.8) is 0 Å². The van der Waals surface area contributed by atoms with Gasteiger partial charge in [-0.1, -0.05) is 5.16 Å². The highest BCUT2D eigenvalue weighted by Crippen LogP contribution is 2.04. The van der Waals surface area contributed by atoms with Crippen molar-refractivity contribution in [2.75, 3.05) is 13.1 Å². The minimum absolute atomic E-state index is 0.0157. The van der Waals surface area contributed by atoms with E-state index in [0.29, 0.717) is 12.1 Å². The van der Waals surface area contributed by atoms with Crippen LogP contribution in [0.5, 0.6) is 0 Å². The number of hydrogen-bond donors (Lipinski definition) is 2. The number of carbonyl (C=O) groups is 1. The maximum absolute atomic E-state index is 11.7. The van der Waals surface area contributed by atoms with Gasteiger partial charge < -0.3 is 15.2 Å². The normalized spacial score (nSPS) is 20.7. The van der Waals surface area contributed by atoms with Gasteiger partial charge in [0, 0.05) is 18.7 Å². The highest BCUT2D eigenvalue weighted by Gasteiger charge is 2.16. The molecule has 88 valence electrons. The molecule has 1 aliphatic rings. The molecule has 0 aromatic carbocycles. The van der Waals surface area contributed by atoms with E-state index in [1.54, 1.807) is 6.07 Å². The van der Waals surface area contributed by atoms with Crippen LogP contribution in [-0.4, -0.2) is 30.2 Å². The minimum Gasteiger partial charge on any atom is -0.361 e. The number of nitrogens with one attached hydrogen (secondary N) is 2. The molecule has 16 heavy (non-hydrogen) atoms.